The number of rotatable bonds is 4. The Morgan fingerprint density at radius 3 is 2.42 bits per heavy atom. The molecule has 144 valence electrons. The molecule has 0 N–H and O–H groups in total. The zero-order chi connectivity index (χ0) is 18.6. The van der Waals surface area contributed by atoms with E-state index < -0.39 is 10.0 Å². The minimum absolute atomic E-state index is 0.101. The molecule has 7 heteroatoms. The lowest BCUT2D eigenvalue weighted by Crippen LogP contribution is -2.40. The fourth-order valence-electron chi connectivity index (χ4n) is 3.74. The van der Waals surface area contributed by atoms with Gasteiger partial charge in [-0.3, -0.25) is 4.79 Å². The zero-order valence-electron chi connectivity index (χ0n) is 15.4. The molecule has 3 rings (SSSR count). The van der Waals surface area contributed by atoms with Gasteiger partial charge in [-0.2, -0.15) is 4.31 Å². The Balaban J connectivity index is 1.78. The van der Waals surface area contributed by atoms with E-state index in [4.69, 9.17) is 4.74 Å². The third-order valence-corrected chi connectivity index (χ3v) is 7.28. The second-order valence-corrected chi connectivity index (χ2v) is 9.04. The van der Waals surface area contributed by atoms with E-state index in [0.29, 0.717) is 31.9 Å². The normalized spacial score (nSPS) is 20.5. The van der Waals surface area contributed by atoms with Gasteiger partial charge in [-0.05, 0) is 31.0 Å². The Labute approximate surface area is 156 Å². The van der Waals surface area contributed by atoms with E-state index in [9.17, 15) is 13.2 Å². The molecule has 1 saturated heterocycles. The van der Waals surface area contributed by atoms with Gasteiger partial charge in [0, 0.05) is 31.7 Å². The average Bonchev–Trinajstić information content (AvgIpc) is 2.97. The SMILES string of the molecule is CN(C(=O)c1cccc(S(=O)(=O)N2CCOCC2)c1)C1CCCCCC1. The van der Waals surface area contributed by atoms with Crippen LogP contribution in [0.5, 0.6) is 0 Å². The molecule has 2 fully saturated rings. The van der Waals surface area contributed by atoms with E-state index in [1.807, 2.05) is 7.05 Å². The highest BCUT2D eigenvalue weighted by Crippen LogP contribution is 2.24. The van der Waals surface area contributed by atoms with Crippen LogP contribution in [0.15, 0.2) is 29.2 Å². The predicted molar refractivity (Wildman–Crippen MR) is 99.6 cm³/mol. The van der Waals surface area contributed by atoms with Crippen LogP contribution < -0.4 is 0 Å². The lowest BCUT2D eigenvalue weighted by Gasteiger charge is -2.28. The maximum atomic E-state index is 12.9. The first-order valence-corrected chi connectivity index (χ1v) is 10.9. The second kappa shape index (κ2) is 8.50. The second-order valence-electron chi connectivity index (χ2n) is 7.11. The van der Waals surface area contributed by atoms with Crippen LogP contribution in [0, 0.1) is 0 Å². The van der Waals surface area contributed by atoms with Crippen LogP contribution >= 0.6 is 0 Å². The van der Waals surface area contributed by atoms with Gasteiger partial charge in [0.15, 0.2) is 0 Å². The molecule has 6 nitrogen and oxygen atoms in total. The van der Waals surface area contributed by atoms with Gasteiger partial charge < -0.3 is 9.64 Å². The van der Waals surface area contributed by atoms with Crippen molar-refractivity contribution in [3.05, 3.63) is 29.8 Å². The quantitative estimate of drug-likeness (QED) is 0.753. The minimum Gasteiger partial charge on any atom is -0.379 e. The summed E-state index contributed by atoms with van der Waals surface area (Å²) < 4.78 is 32.3. The smallest absolute Gasteiger partial charge is 0.253 e. The summed E-state index contributed by atoms with van der Waals surface area (Å²) in [6, 6.07) is 6.67. The Morgan fingerprint density at radius 1 is 1.12 bits per heavy atom. The molecule has 26 heavy (non-hydrogen) atoms. The number of morpholine rings is 1. The van der Waals surface area contributed by atoms with Crippen LogP contribution in [-0.4, -0.2) is 62.9 Å². The summed E-state index contributed by atoms with van der Waals surface area (Å²) in [5.41, 5.74) is 0.436. The first kappa shape index (κ1) is 19.3. The number of nitrogens with zero attached hydrogens (tertiary/aromatic N) is 2. The lowest BCUT2D eigenvalue weighted by atomic mass is 10.1. The van der Waals surface area contributed by atoms with Gasteiger partial charge in [-0.15, -0.1) is 0 Å². The summed E-state index contributed by atoms with van der Waals surface area (Å²) in [5.74, 6) is -0.101. The Hall–Kier alpha value is -1.44. The predicted octanol–water partition coefficient (Wildman–Crippen LogP) is 2.50. The van der Waals surface area contributed by atoms with Crippen LogP contribution in [-0.2, 0) is 14.8 Å². The maximum Gasteiger partial charge on any atom is 0.253 e. The summed E-state index contributed by atoms with van der Waals surface area (Å²) in [6.45, 7) is 1.51. The number of carbonyl (C=O) groups is 1. The van der Waals surface area contributed by atoms with Gasteiger partial charge in [0.2, 0.25) is 10.0 Å². The largest absolute Gasteiger partial charge is 0.379 e. The highest BCUT2D eigenvalue weighted by Gasteiger charge is 2.28. The van der Waals surface area contributed by atoms with E-state index in [2.05, 4.69) is 0 Å². The van der Waals surface area contributed by atoms with Crippen molar-refractivity contribution in [2.45, 2.75) is 49.5 Å². The standard InChI is InChI=1S/C19H28N2O4S/c1-20(17-8-4-2-3-5-9-17)19(22)16-7-6-10-18(15-16)26(23,24)21-11-13-25-14-12-21/h6-7,10,15,17H,2-5,8-9,11-14H2,1H3. The number of carbonyl (C=O) groups excluding carboxylic acids is 1. The molecule has 1 aliphatic heterocycles. The van der Waals surface area contributed by atoms with E-state index in [1.165, 1.54) is 23.2 Å². The lowest BCUT2D eigenvalue weighted by molar-refractivity contribution is 0.0716. The summed E-state index contributed by atoms with van der Waals surface area (Å²) in [6.07, 6.45) is 6.79. The maximum absolute atomic E-state index is 12.9. The number of hydrogen-bond donors (Lipinski definition) is 0. The zero-order valence-corrected chi connectivity index (χ0v) is 16.2. The highest BCUT2D eigenvalue weighted by atomic mass is 32.2. The molecular weight excluding hydrogens is 352 g/mol. The summed E-state index contributed by atoms with van der Waals surface area (Å²) in [7, 11) is -1.76. The van der Waals surface area contributed by atoms with Crippen LogP contribution in [0.1, 0.15) is 48.9 Å². The Morgan fingerprint density at radius 2 is 1.77 bits per heavy atom. The highest BCUT2D eigenvalue weighted by molar-refractivity contribution is 7.89. The number of amides is 1. The summed E-state index contributed by atoms with van der Waals surface area (Å²) in [5, 5.41) is 0. The van der Waals surface area contributed by atoms with E-state index in [1.54, 1.807) is 23.1 Å². The fourth-order valence-corrected chi connectivity index (χ4v) is 5.19. The molecule has 1 aromatic carbocycles. The Bertz CT molecular complexity index is 721. The molecule has 1 aliphatic carbocycles. The van der Waals surface area contributed by atoms with Gasteiger partial charge in [0.25, 0.3) is 5.91 Å². The summed E-state index contributed by atoms with van der Waals surface area (Å²) in [4.78, 5) is 14.9. The van der Waals surface area contributed by atoms with Crippen LogP contribution in [0.25, 0.3) is 0 Å². The van der Waals surface area contributed by atoms with Crippen molar-refractivity contribution in [2.24, 2.45) is 0 Å². The molecule has 1 heterocycles. The van der Waals surface area contributed by atoms with Crippen molar-refractivity contribution in [1.82, 2.24) is 9.21 Å². The number of benzene rings is 1. The Kier molecular flexibility index (Phi) is 6.32. The first-order valence-electron chi connectivity index (χ1n) is 9.45. The number of hydrogen-bond acceptors (Lipinski definition) is 4. The van der Waals surface area contributed by atoms with Crippen LogP contribution in [0.3, 0.4) is 0 Å². The number of sulfonamides is 1. The molecule has 1 amide bonds. The van der Waals surface area contributed by atoms with Crippen LogP contribution in [0.4, 0.5) is 0 Å². The first-order chi connectivity index (χ1) is 12.5. The molecule has 0 aromatic heterocycles. The van der Waals surface area contributed by atoms with Crippen molar-refractivity contribution in [2.75, 3.05) is 33.4 Å². The molecule has 0 bridgehead atoms. The molecule has 2 aliphatic rings. The van der Waals surface area contributed by atoms with Gasteiger partial charge in [-0.1, -0.05) is 31.7 Å². The van der Waals surface area contributed by atoms with E-state index in [0.717, 1.165) is 25.7 Å². The van der Waals surface area contributed by atoms with E-state index in [-0.39, 0.29) is 16.8 Å². The topological polar surface area (TPSA) is 66.9 Å². The van der Waals surface area contributed by atoms with Crippen molar-refractivity contribution in [1.29, 1.82) is 0 Å². The summed E-state index contributed by atoms with van der Waals surface area (Å²) >= 11 is 0. The van der Waals surface area contributed by atoms with Gasteiger partial charge >= 0.3 is 0 Å². The molecule has 0 atom stereocenters. The molecule has 0 spiro atoms. The van der Waals surface area contributed by atoms with Gasteiger partial charge in [0.1, 0.15) is 0 Å². The van der Waals surface area contributed by atoms with Gasteiger partial charge in [-0.25, -0.2) is 8.42 Å². The van der Waals surface area contributed by atoms with Crippen LogP contribution in [0.2, 0.25) is 0 Å². The van der Waals surface area contributed by atoms with Gasteiger partial charge in [0.05, 0.1) is 18.1 Å². The minimum atomic E-state index is -3.59. The van der Waals surface area contributed by atoms with Crippen molar-refractivity contribution >= 4 is 15.9 Å². The fraction of sp³-hybridized carbons (Fsp3) is 0.632. The molecule has 1 saturated carbocycles. The molecule has 0 unspecified atom stereocenters. The number of ether oxygens (including phenoxy) is 1. The molecule has 0 radical (unpaired) electrons. The third kappa shape index (κ3) is 4.27. The van der Waals surface area contributed by atoms with Crippen molar-refractivity contribution in [3.8, 4) is 0 Å². The molecule has 1 aromatic rings. The van der Waals surface area contributed by atoms with Crippen molar-refractivity contribution < 1.29 is 17.9 Å². The third-order valence-electron chi connectivity index (χ3n) is 5.38. The molecular formula is C19H28N2O4S. The average molecular weight is 381 g/mol. The van der Waals surface area contributed by atoms with E-state index >= 15 is 0 Å². The van der Waals surface area contributed by atoms with Crippen molar-refractivity contribution in [3.63, 3.8) is 0 Å². The monoisotopic (exact) mass is 380 g/mol.